The smallest absolute Gasteiger partial charge is 0.410 e. The number of halogens is 1. The van der Waals surface area contributed by atoms with E-state index in [1.54, 1.807) is 4.90 Å². The van der Waals surface area contributed by atoms with Gasteiger partial charge in [-0.05, 0) is 64.2 Å². The Morgan fingerprint density at radius 3 is 2.78 bits per heavy atom. The number of hydrogen-bond acceptors (Lipinski definition) is 4. The van der Waals surface area contributed by atoms with Gasteiger partial charge in [0, 0.05) is 30.5 Å². The van der Waals surface area contributed by atoms with E-state index in [0.29, 0.717) is 24.5 Å². The molecular formula is C21H28ClNO4. The van der Waals surface area contributed by atoms with Crippen LogP contribution in [-0.2, 0) is 19.9 Å². The summed E-state index contributed by atoms with van der Waals surface area (Å²) in [4.78, 5) is 26.5. The van der Waals surface area contributed by atoms with E-state index in [-0.39, 0.29) is 18.0 Å². The van der Waals surface area contributed by atoms with Crippen LogP contribution in [0.25, 0.3) is 0 Å². The van der Waals surface area contributed by atoms with Crippen molar-refractivity contribution in [1.29, 1.82) is 0 Å². The maximum atomic E-state index is 12.6. The van der Waals surface area contributed by atoms with E-state index in [1.165, 1.54) is 0 Å². The quantitative estimate of drug-likeness (QED) is 0.670. The van der Waals surface area contributed by atoms with Gasteiger partial charge >= 0.3 is 12.1 Å². The van der Waals surface area contributed by atoms with Crippen LogP contribution in [0.3, 0.4) is 0 Å². The van der Waals surface area contributed by atoms with E-state index in [4.69, 9.17) is 21.1 Å². The molecule has 0 spiro atoms. The fourth-order valence-corrected chi connectivity index (χ4v) is 4.32. The second-order valence-corrected chi connectivity index (χ2v) is 8.93. The van der Waals surface area contributed by atoms with E-state index >= 15 is 0 Å². The maximum absolute atomic E-state index is 12.6. The van der Waals surface area contributed by atoms with E-state index in [0.717, 1.165) is 31.2 Å². The standard InChI is InChI=1S/C21H28ClNO4/c1-20(2,3)27-19(25)23-12-6-8-16(14-23)21(11-5-10-18(24)26-21)15-7-4-9-17(22)13-15/h4,7,9,13,16H,5-6,8,10-12,14H2,1-3H3. The summed E-state index contributed by atoms with van der Waals surface area (Å²) >= 11 is 6.23. The first-order valence-corrected chi connectivity index (χ1v) is 10.0. The second kappa shape index (κ2) is 7.70. The summed E-state index contributed by atoms with van der Waals surface area (Å²) < 4.78 is 11.6. The molecule has 1 aromatic rings. The zero-order valence-corrected chi connectivity index (χ0v) is 17.1. The van der Waals surface area contributed by atoms with Crippen molar-refractivity contribution in [3.8, 4) is 0 Å². The molecule has 0 bridgehead atoms. The summed E-state index contributed by atoms with van der Waals surface area (Å²) in [6.07, 6.45) is 3.38. The minimum Gasteiger partial charge on any atom is -0.454 e. The van der Waals surface area contributed by atoms with Crippen molar-refractivity contribution in [1.82, 2.24) is 4.90 Å². The highest BCUT2D eigenvalue weighted by atomic mass is 35.5. The van der Waals surface area contributed by atoms with Crippen molar-refractivity contribution in [2.24, 2.45) is 5.92 Å². The van der Waals surface area contributed by atoms with E-state index in [1.807, 2.05) is 45.0 Å². The lowest BCUT2D eigenvalue weighted by molar-refractivity contribution is -0.181. The number of likely N-dealkylation sites (tertiary alicyclic amines) is 1. The molecule has 1 aromatic carbocycles. The van der Waals surface area contributed by atoms with Gasteiger partial charge in [-0.2, -0.15) is 0 Å². The average Bonchev–Trinajstić information content (AvgIpc) is 2.60. The van der Waals surface area contributed by atoms with Gasteiger partial charge in [-0.25, -0.2) is 4.79 Å². The highest BCUT2D eigenvalue weighted by molar-refractivity contribution is 6.30. The molecule has 0 saturated carbocycles. The molecule has 0 aromatic heterocycles. The van der Waals surface area contributed by atoms with Gasteiger partial charge in [-0.3, -0.25) is 4.79 Å². The average molecular weight is 394 g/mol. The van der Waals surface area contributed by atoms with Gasteiger partial charge in [-0.1, -0.05) is 23.7 Å². The number of carbonyl (C=O) groups is 2. The molecular weight excluding hydrogens is 366 g/mol. The summed E-state index contributed by atoms with van der Waals surface area (Å²) in [5.41, 5.74) is -0.355. The molecule has 2 heterocycles. The van der Waals surface area contributed by atoms with Gasteiger partial charge in [0.1, 0.15) is 11.2 Å². The highest BCUT2D eigenvalue weighted by Gasteiger charge is 2.48. The van der Waals surface area contributed by atoms with Crippen molar-refractivity contribution in [3.05, 3.63) is 34.9 Å². The fourth-order valence-electron chi connectivity index (χ4n) is 4.13. The van der Waals surface area contributed by atoms with Crippen LogP contribution in [0.1, 0.15) is 58.4 Å². The van der Waals surface area contributed by atoms with Crippen molar-refractivity contribution in [3.63, 3.8) is 0 Å². The van der Waals surface area contributed by atoms with Gasteiger partial charge in [0.15, 0.2) is 0 Å². The molecule has 1 amide bonds. The van der Waals surface area contributed by atoms with Crippen molar-refractivity contribution < 1.29 is 19.1 Å². The Bertz CT molecular complexity index is 714. The monoisotopic (exact) mass is 393 g/mol. The summed E-state index contributed by atoms with van der Waals surface area (Å²) in [5, 5.41) is 0.619. The minimum atomic E-state index is -0.735. The lowest BCUT2D eigenvalue weighted by Crippen LogP contribution is -2.52. The predicted octanol–water partition coefficient (Wildman–Crippen LogP) is 4.91. The lowest BCUT2D eigenvalue weighted by Gasteiger charge is -2.47. The maximum Gasteiger partial charge on any atom is 0.410 e. The topological polar surface area (TPSA) is 55.8 Å². The van der Waals surface area contributed by atoms with Gasteiger partial charge in [0.2, 0.25) is 0 Å². The lowest BCUT2D eigenvalue weighted by atomic mass is 9.73. The molecule has 2 saturated heterocycles. The third kappa shape index (κ3) is 4.57. The van der Waals surface area contributed by atoms with Crippen LogP contribution in [-0.4, -0.2) is 35.7 Å². The SMILES string of the molecule is CC(C)(C)OC(=O)N1CCCC(C2(c3cccc(Cl)c3)CCCC(=O)O2)C1. The third-order valence-corrected chi connectivity index (χ3v) is 5.51. The van der Waals surface area contributed by atoms with Gasteiger partial charge in [0.05, 0.1) is 0 Å². The summed E-state index contributed by atoms with van der Waals surface area (Å²) in [5.74, 6) is -0.169. The number of piperidine rings is 1. The minimum absolute atomic E-state index is 0.0153. The first kappa shape index (κ1) is 20.0. The molecule has 2 aliphatic heterocycles. The molecule has 2 unspecified atom stereocenters. The van der Waals surface area contributed by atoms with Crippen molar-refractivity contribution in [2.75, 3.05) is 13.1 Å². The van der Waals surface area contributed by atoms with E-state index < -0.39 is 11.2 Å². The largest absolute Gasteiger partial charge is 0.454 e. The number of ether oxygens (including phenoxy) is 2. The van der Waals surface area contributed by atoms with E-state index in [2.05, 4.69) is 0 Å². The highest BCUT2D eigenvalue weighted by Crippen LogP contribution is 2.46. The Kier molecular flexibility index (Phi) is 5.71. The molecule has 2 atom stereocenters. The number of nitrogens with zero attached hydrogens (tertiary/aromatic N) is 1. The Labute approximate surface area is 166 Å². The summed E-state index contributed by atoms with van der Waals surface area (Å²) in [6.45, 7) is 6.76. The molecule has 5 nitrogen and oxygen atoms in total. The molecule has 6 heteroatoms. The Morgan fingerprint density at radius 2 is 2.11 bits per heavy atom. The number of hydrogen-bond donors (Lipinski definition) is 0. The zero-order chi connectivity index (χ0) is 19.7. The number of benzene rings is 1. The van der Waals surface area contributed by atoms with Crippen LogP contribution in [0.2, 0.25) is 5.02 Å². The Hall–Kier alpha value is -1.75. The molecule has 0 radical (unpaired) electrons. The van der Waals surface area contributed by atoms with Gasteiger partial charge < -0.3 is 14.4 Å². The number of esters is 1. The first-order valence-electron chi connectivity index (χ1n) is 9.65. The van der Waals surface area contributed by atoms with Crippen LogP contribution < -0.4 is 0 Å². The van der Waals surface area contributed by atoms with Crippen LogP contribution >= 0.6 is 11.6 Å². The number of cyclic esters (lactones) is 1. The van der Waals surface area contributed by atoms with E-state index in [9.17, 15) is 9.59 Å². The number of rotatable bonds is 2. The van der Waals surface area contributed by atoms with Crippen LogP contribution in [0, 0.1) is 5.92 Å². The zero-order valence-electron chi connectivity index (χ0n) is 16.3. The van der Waals surface area contributed by atoms with Crippen LogP contribution in [0.4, 0.5) is 4.79 Å². The van der Waals surface area contributed by atoms with Crippen molar-refractivity contribution in [2.45, 2.75) is 64.1 Å². The van der Waals surface area contributed by atoms with Gasteiger partial charge in [0.25, 0.3) is 0 Å². The molecule has 148 valence electrons. The molecule has 27 heavy (non-hydrogen) atoms. The Balaban J connectivity index is 1.88. The number of amides is 1. The second-order valence-electron chi connectivity index (χ2n) is 8.49. The third-order valence-electron chi connectivity index (χ3n) is 5.27. The fraction of sp³-hybridized carbons (Fsp3) is 0.619. The number of carbonyl (C=O) groups excluding carboxylic acids is 2. The molecule has 2 fully saturated rings. The molecule has 0 aliphatic carbocycles. The van der Waals surface area contributed by atoms with Crippen LogP contribution in [0.5, 0.6) is 0 Å². The van der Waals surface area contributed by atoms with Gasteiger partial charge in [-0.15, -0.1) is 0 Å². The van der Waals surface area contributed by atoms with Crippen LogP contribution in [0.15, 0.2) is 24.3 Å². The normalized spacial score (nSPS) is 26.4. The first-order chi connectivity index (χ1) is 12.7. The predicted molar refractivity (Wildman–Crippen MR) is 104 cm³/mol. The summed E-state index contributed by atoms with van der Waals surface area (Å²) in [6, 6.07) is 7.55. The molecule has 3 rings (SSSR count). The van der Waals surface area contributed by atoms with Crippen molar-refractivity contribution >= 4 is 23.7 Å². The summed E-state index contributed by atoms with van der Waals surface area (Å²) in [7, 11) is 0. The Morgan fingerprint density at radius 1 is 1.33 bits per heavy atom. The molecule has 2 aliphatic rings. The molecule has 0 N–H and O–H groups in total.